The number of ether oxygens (including phenoxy) is 1. The van der Waals surface area contributed by atoms with Crippen LogP contribution in [0.3, 0.4) is 0 Å². The molecular formula is C26H25NO6S. The molecule has 1 aromatic heterocycles. The fourth-order valence-corrected chi connectivity index (χ4v) is 5.11. The Labute approximate surface area is 197 Å². The summed E-state index contributed by atoms with van der Waals surface area (Å²) >= 11 is 0. The minimum Gasteiger partial charge on any atom is -0.460 e. The molecule has 0 radical (unpaired) electrons. The number of fused-ring (bicyclic) bond motifs is 3. The minimum atomic E-state index is -3.94. The van der Waals surface area contributed by atoms with Gasteiger partial charge in [0, 0.05) is 17.0 Å². The highest BCUT2D eigenvalue weighted by molar-refractivity contribution is 7.89. The topological polar surface area (TPSA) is 103 Å². The van der Waals surface area contributed by atoms with Gasteiger partial charge < -0.3 is 9.15 Å². The fourth-order valence-electron chi connectivity index (χ4n) is 3.78. The number of benzene rings is 3. The Balaban J connectivity index is 1.61. The van der Waals surface area contributed by atoms with Crippen molar-refractivity contribution in [2.45, 2.75) is 38.3 Å². The molecule has 1 atom stereocenters. The van der Waals surface area contributed by atoms with E-state index in [0.717, 1.165) is 16.3 Å². The molecule has 4 aromatic rings. The smallest absolute Gasteiger partial charge is 0.336 e. The SMILES string of the molecule is Cc1ccc(S(=O)(=O)NC(C(=O)OCc2cc(=O)oc3ccc4ccccc4c23)C(C)C)cc1. The van der Waals surface area contributed by atoms with Crippen LogP contribution in [0.25, 0.3) is 21.7 Å². The molecule has 4 rings (SSSR count). The van der Waals surface area contributed by atoms with E-state index in [1.54, 1.807) is 32.0 Å². The van der Waals surface area contributed by atoms with Gasteiger partial charge in [-0.15, -0.1) is 0 Å². The van der Waals surface area contributed by atoms with Gasteiger partial charge in [0.05, 0.1) is 4.90 Å². The number of esters is 1. The van der Waals surface area contributed by atoms with Gasteiger partial charge in [0.25, 0.3) is 0 Å². The summed E-state index contributed by atoms with van der Waals surface area (Å²) in [5, 5.41) is 2.48. The monoisotopic (exact) mass is 479 g/mol. The number of aryl methyl sites for hydroxylation is 1. The second-order valence-electron chi connectivity index (χ2n) is 8.51. The van der Waals surface area contributed by atoms with Crippen LogP contribution in [0.5, 0.6) is 0 Å². The minimum absolute atomic E-state index is 0.0645. The van der Waals surface area contributed by atoms with Crippen LogP contribution >= 0.6 is 0 Å². The van der Waals surface area contributed by atoms with Gasteiger partial charge in [-0.25, -0.2) is 13.2 Å². The van der Waals surface area contributed by atoms with Gasteiger partial charge in [-0.2, -0.15) is 4.72 Å². The fraction of sp³-hybridized carbons (Fsp3) is 0.231. The van der Waals surface area contributed by atoms with E-state index in [-0.39, 0.29) is 17.4 Å². The van der Waals surface area contributed by atoms with Crippen molar-refractivity contribution in [2.75, 3.05) is 0 Å². The van der Waals surface area contributed by atoms with Crippen molar-refractivity contribution >= 4 is 37.7 Å². The van der Waals surface area contributed by atoms with Crippen LogP contribution in [-0.2, 0) is 26.2 Å². The van der Waals surface area contributed by atoms with Gasteiger partial charge in [0.1, 0.15) is 18.2 Å². The number of carbonyl (C=O) groups excluding carboxylic acids is 1. The third-order valence-electron chi connectivity index (χ3n) is 5.62. The first kappa shape index (κ1) is 23.7. The highest BCUT2D eigenvalue weighted by Crippen LogP contribution is 2.28. The maximum absolute atomic E-state index is 13.0. The molecule has 0 bridgehead atoms. The Morgan fingerprint density at radius 1 is 1.03 bits per heavy atom. The zero-order valence-electron chi connectivity index (χ0n) is 19.1. The van der Waals surface area contributed by atoms with E-state index in [0.29, 0.717) is 16.5 Å². The molecule has 3 aromatic carbocycles. The summed E-state index contributed by atoms with van der Waals surface area (Å²) in [6.45, 7) is 5.10. The summed E-state index contributed by atoms with van der Waals surface area (Å²) in [4.78, 5) is 25.1. The maximum atomic E-state index is 13.0. The lowest BCUT2D eigenvalue weighted by molar-refractivity contribution is -0.148. The molecule has 0 saturated carbocycles. The van der Waals surface area contributed by atoms with Crippen LogP contribution in [0.1, 0.15) is 25.0 Å². The third kappa shape index (κ3) is 4.88. The van der Waals surface area contributed by atoms with Crippen molar-refractivity contribution in [2.24, 2.45) is 5.92 Å². The molecule has 0 amide bonds. The second-order valence-corrected chi connectivity index (χ2v) is 10.2. The molecule has 0 spiro atoms. The Morgan fingerprint density at radius 2 is 1.74 bits per heavy atom. The van der Waals surface area contributed by atoms with Gasteiger partial charge in [0.15, 0.2) is 0 Å². The molecule has 0 aliphatic heterocycles. The number of hydrogen-bond acceptors (Lipinski definition) is 6. The van der Waals surface area contributed by atoms with E-state index >= 15 is 0 Å². The lowest BCUT2D eigenvalue weighted by Crippen LogP contribution is -2.45. The number of carbonyl (C=O) groups is 1. The van der Waals surface area contributed by atoms with Crippen LogP contribution in [0.15, 0.2) is 80.8 Å². The quantitative estimate of drug-likeness (QED) is 0.241. The molecule has 8 heteroatoms. The Bertz CT molecular complexity index is 1520. The Morgan fingerprint density at radius 3 is 2.44 bits per heavy atom. The molecule has 7 nitrogen and oxygen atoms in total. The van der Waals surface area contributed by atoms with Crippen molar-refractivity contribution in [1.82, 2.24) is 4.72 Å². The first-order valence-electron chi connectivity index (χ1n) is 10.9. The van der Waals surface area contributed by atoms with Crippen molar-refractivity contribution in [3.8, 4) is 0 Å². The standard InChI is InChI=1S/C26H25NO6S/c1-16(2)25(27-34(30,31)20-11-8-17(3)9-12-20)26(29)32-15-19-14-23(28)33-22-13-10-18-6-4-5-7-21(18)24(19)22/h4-14,16,25,27H,15H2,1-3H3. The molecule has 0 aliphatic rings. The zero-order chi connectivity index (χ0) is 24.5. The third-order valence-corrected chi connectivity index (χ3v) is 7.08. The van der Waals surface area contributed by atoms with E-state index in [4.69, 9.17) is 9.15 Å². The molecule has 1 N–H and O–H groups in total. The lowest BCUT2D eigenvalue weighted by atomic mass is 10.0. The summed E-state index contributed by atoms with van der Waals surface area (Å²) in [7, 11) is -3.94. The highest BCUT2D eigenvalue weighted by atomic mass is 32.2. The molecule has 0 saturated heterocycles. The average Bonchev–Trinajstić information content (AvgIpc) is 2.80. The lowest BCUT2D eigenvalue weighted by Gasteiger charge is -2.21. The molecule has 0 aliphatic carbocycles. The van der Waals surface area contributed by atoms with Crippen LogP contribution in [0.4, 0.5) is 0 Å². The highest BCUT2D eigenvalue weighted by Gasteiger charge is 2.30. The average molecular weight is 480 g/mol. The Kier molecular flexibility index (Phi) is 6.54. The normalized spacial score (nSPS) is 12.8. The summed E-state index contributed by atoms with van der Waals surface area (Å²) in [6, 6.07) is 17.7. The summed E-state index contributed by atoms with van der Waals surface area (Å²) < 4.78 is 39.0. The number of hydrogen-bond donors (Lipinski definition) is 1. The molecule has 0 fully saturated rings. The predicted octanol–water partition coefficient (Wildman–Crippen LogP) is 4.30. The van der Waals surface area contributed by atoms with Gasteiger partial charge in [0.2, 0.25) is 10.0 Å². The van der Waals surface area contributed by atoms with Gasteiger partial charge in [-0.05, 0) is 41.8 Å². The molecular weight excluding hydrogens is 454 g/mol. The molecule has 1 unspecified atom stereocenters. The molecule has 34 heavy (non-hydrogen) atoms. The first-order chi connectivity index (χ1) is 16.2. The van der Waals surface area contributed by atoms with Crippen molar-refractivity contribution in [3.05, 3.63) is 88.3 Å². The van der Waals surface area contributed by atoms with Crippen LogP contribution in [-0.4, -0.2) is 20.4 Å². The predicted molar refractivity (Wildman–Crippen MR) is 130 cm³/mol. The van der Waals surface area contributed by atoms with Crippen molar-refractivity contribution in [1.29, 1.82) is 0 Å². The van der Waals surface area contributed by atoms with E-state index in [9.17, 15) is 18.0 Å². The zero-order valence-corrected chi connectivity index (χ0v) is 19.9. The first-order valence-corrected chi connectivity index (χ1v) is 12.3. The van der Waals surface area contributed by atoms with E-state index in [1.807, 2.05) is 37.3 Å². The van der Waals surface area contributed by atoms with Crippen molar-refractivity contribution in [3.63, 3.8) is 0 Å². The number of sulfonamides is 1. The largest absolute Gasteiger partial charge is 0.460 e. The summed E-state index contributed by atoms with van der Waals surface area (Å²) in [5.74, 6) is -1.10. The molecule has 1 heterocycles. The van der Waals surface area contributed by atoms with Crippen molar-refractivity contribution < 1.29 is 22.4 Å². The van der Waals surface area contributed by atoms with Crippen LogP contribution in [0, 0.1) is 12.8 Å². The molecule has 176 valence electrons. The van der Waals surface area contributed by atoms with Gasteiger partial charge >= 0.3 is 11.6 Å². The second kappa shape index (κ2) is 9.40. The Hall–Kier alpha value is -3.49. The van der Waals surface area contributed by atoms with Crippen LogP contribution in [0.2, 0.25) is 0 Å². The van der Waals surface area contributed by atoms with E-state index in [2.05, 4.69) is 4.72 Å². The summed E-state index contributed by atoms with van der Waals surface area (Å²) in [6.07, 6.45) is 0. The maximum Gasteiger partial charge on any atom is 0.336 e. The van der Waals surface area contributed by atoms with Crippen LogP contribution < -0.4 is 10.3 Å². The number of rotatable bonds is 7. The number of nitrogens with one attached hydrogen (secondary N) is 1. The van der Waals surface area contributed by atoms with Gasteiger partial charge in [-0.1, -0.05) is 61.9 Å². The van der Waals surface area contributed by atoms with E-state index < -0.39 is 27.7 Å². The van der Waals surface area contributed by atoms with E-state index in [1.165, 1.54) is 18.2 Å². The van der Waals surface area contributed by atoms with Gasteiger partial charge in [-0.3, -0.25) is 4.79 Å². The summed E-state index contributed by atoms with van der Waals surface area (Å²) in [5.41, 5.74) is 1.23.